The number of rotatable bonds is 4. The molecule has 0 unspecified atom stereocenters. The maximum Gasteiger partial charge on any atom is 0.0992 e. The zero-order valence-electron chi connectivity index (χ0n) is 9.56. The van der Waals surface area contributed by atoms with E-state index in [9.17, 15) is 0 Å². The molecule has 0 aliphatic heterocycles. The van der Waals surface area contributed by atoms with Crippen LogP contribution in [0.1, 0.15) is 24.8 Å². The van der Waals surface area contributed by atoms with Crippen LogP contribution in [0, 0.1) is 11.3 Å². The lowest BCUT2D eigenvalue weighted by Gasteiger charge is -2.39. The standard InChI is InChI=1S/C13H15ClN2O/c14-12-8-10(9-15)4-5-13(12)16(6-7-17)11-2-1-3-11/h4-5,8,11,17H,1-3,6-7H2. The molecule has 1 aliphatic rings. The summed E-state index contributed by atoms with van der Waals surface area (Å²) >= 11 is 6.19. The van der Waals surface area contributed by atoms with E-state index < -0.39 is 0 Å². The fraction of sp³-hybridized carbons (Fsp3) is 0.462. The molecular formula is C13H15ClN2O. The van der Waals surface area contributed by atoms with Gasteiger partial charge in [-0.25, -0.2) is 0 Å². The predicted octanol–water partition coefficient (Wildman–Crippen LogP) is 2.56. The Morgan fingerprint density at radius 3 is 2.71 bits per heavy atom. The molecule has 0 spiro atoms. The van der Waals surface area contributed by atoms with Gasteiger partial charge in [-0.2, -0.15) is 5.26 Å². The smallest absolute Gasteiger partial charge is 0.0992 e. The molecule has 2 rings (SSSR count). The van der Waals surface area contributed by atoms with Gasteiger partial charge in [-0.3, -0.25) is 0 Å². The molecular weight excluding hydrogens is 236 g/mol. The first-order chi connectivity index (χ1) is 8.26. The van der Waals surface area contributed by atoms with E-state index in [0.29, 0.717) is 23.2 Å². The van der Waals surface area contributed by atoms with Gasteiger partial charge in [0, 0.05) is 12.6 Å². The molecule has 1 N–H and O–H groups in total. The van der Waals surface area contributed by atoms with Crippen LogP contribution in [0.4, 0.5) is 5.69 Å². The summed E-state index contributed by atoms with van der Waals surface area (Å²) < 4.78 is 0. The minimum absolute atomic E-state index is 0.118. The first kappa shape index (κ1) is 12.2. The monoisotopic (exact) mass is 250 g/mol. The second-order valence-electron chi connectivity index (χ2n) is 4.28. The highest BCUT2D eigenvalue weighted by Gasteiger charge is 2.26. The second kappa shape index (κ2) is 5.39. The largest absolute Gasteiger partial charge is 0.395 e. The number of nitriles is 1. The highest BCUT2D eigenvalue weighted by Crippen LogP contribution is 2.34. The van der Waals surface area contributed by atoms with Crippen molar-refractivity contribution in [3.8, 4) is 6.07 Å². The van der Waals surface area contributed by atoms with Gasteiger partial charge in [0.15, 0.2) is 0 Å². The van der Waals surface area contributed by atoms with Crippen LogP contribution in [0.25, 0.3) is 0 Å². The Morgan fingerprint density at radius 2 is 2.24 bits per heavy atom. The molecule has 0 aromatic heterocycles. The van der Waals surface area contributed by atoms with Crippen LogP contribution in [0.2, 0.25) is 5.02 Å². The third-order valence-corrected chi connectivity index (χ3v) is 3.55. The zero-order valence-corrected chi connectivity index (χ0v) is 10.3. The van der Waals surface area contributed by atoms with E-state index in [-0.39, 0.29) is 6.61 Å². The van der Waals surface area contributed by atoms with Crippen molar-refractivity contribution in [2.75, 3.05) is 18.1 Å². The molecule has 4 heteroatoms. The quantitative estimate of drug-likeness (QED) is 0.894. The minimum atomic E-state index is 0.118. The van der Waals surface area contributed by atoms with Crippen molar-refractivity contribution in [3.63, 3.8) is 0 Å². The lowest BCUT2D eigenvalue weighted by Crippen LogP contribution is -2.42. The van der Waals surface area contributed by atoms with Gasteiger partial charge in [-0.05, 0) is 37.5 Å². The molecule has 1 aromatic carbocycles. The molecule has 1 aliphatic carbocycles. The van der Waals surface area contributed by atoms with Gasteiger partial charge in [-0.15, -0.1) is 0 Å². The summed E-state index contributed by atoms with van der Waals surface area (Å²) in [5, 5.41) is 18.5. The van der Waals surface area contributed by atoms with Crippen molar-refractivity contribution >= 4 is 17.3 Å². The number of nitrogens with zero attached hydrogens (tertiary/aromatic N) is 2. The van der Waals surface area contributed by atoms with E-state index in [2.05, 4.69) is 11.0 Å². The number of halogens is 1. The number of aliphatic hydroxyl groups is 1. The minimum Gasteiger partial charge on any atom is -0.395 e. The predicted molar refractivity (Wildman–Crippen MR) is 68.2 cm³/mol. The Labute approximate surface area is 106 Å². The van der Waals surface area contributed by atoms with Crippen molar-refractivity contribution in [3.05, 3.63) is 28.8 Å². The summed E-state index contributed by atoms with van der Waals surface area (Å²) in [6, 6.07) is 7.87. The number of hydrogen-bond donors (Lipinski definition) is 1. The Kier molecular flexibility index (Phi) is 3.88. The lowest BCUT2D eigenvalue weighted by atomic mass is 9.91. The second-order valence-corrected chi connectivity index (χ2v) is 4.69. The summed E-state index contributed by atoms with van der Waals surface area (Å²) in [4.78, 5) is 2.15. The molecule has 3 nitrogen and oxygen atoms in total. The average molecular weight is 251 g/mol. The van der Waals surface area contributed by atoms with Crippen molar-refractivity contribution in [2.24, 2.45) is 0 Å². The Morgan fingerprint density at radius 1 is 1.47 bits per heavy atom. The molecule has 0 radical (unpaired) electrons. The molecule has 90 valence electrons. The zero-order chi connectivity index (χ0) is 12.3. The van der Waals surface area contributed by atoms with Gasteiger partial charge in [0.1, 0.15) is 0 Å². The molecule has 0 heterocycles. The van der Waals surface area contributed by atoms with Gasteiger partial charge in [-0.1, -0.05) is 11.6 Å². The molecule has 1 fully saturated rings. The van der Waals surface area contributed by atoms with Gasteiger partial charge in [0.2, 0.25) is 0 Å². The Balaban J connectivity index is 2.26. The lowest BCUT2D eigenvalue weighted by molar-refractivity contribution is 0.283. The summed E-state index contributed by atoms with van der Waals surface area (Å²) in [7, 11) is 0. The van der Waals surface area contributed by atoms with Gasteiger partial charge >= 0.3 is 0 Å². The summed E-state index contributed by atoms with van der Waals surface area (Å²) in [5.41, 5.74) is 1.49. The maximum atomic E-state index is 9.12. The Bertz CT molecular complexity index is 438. The van der Waals surface area contributed by atoms with Crippen molar-refractivity contribution in [2.45, 2.75) is 25.3 Å². The highest BCUT2D eigenvalue weighted by atomic mass is 35.5. The molecule has 0 bridgehead atoms. The summed E-state index contributed by atoms with van der Waals surface area (Å²) in [6.07, 6.45) is 3.53. The topological polar surface area (TPSA) is 47.3 Å². The number of aliphatic hydroxyl groups excluding tert-OH is 1. The van der Waals surface area contributed by atoms with E-state index >= 15 is 0 Å². The summed E-state index contributed by atoms with van der Waals surface area (Å²) in [5.74, 6) is 0. The third kappa shape index (κ3) is 2.54. The molecule has 0 saturated heterocycles. The third-order valence-electron chi connectivity index (χ3n) is 3.24. The normalized spacial score (nSPS) is 15.1. The van der Waals surface area contributed by atoms with Crippen LogP contribution in [-0.4, -0.2) is 24.3 Å². The SMILES string of the molecule is N#Cc1ccc(N(CCO)C2CCC2)c(Cl)c1. The van der Waals surface area contributed by atoms with Crippen LogP contribution in [-0.2, 0) is 0 Å². The Hall–Kier alpha value is -1.24. The maximum absolute atomic E-state index is 9.12. The fourth-order valence-corrected chi connectivity index (χ4v) is 2.40. The molecule has 1 saturated carbocycles. The first-order valence-electron chi connectivity index (χ1n) is 5.83. The van der Waals surface area contributed by atoms with Crippen LogP contribution in [0.15, 0.2) is 18.2 Å². The number of anilines is 1. The van der Waals surface area contributed by atoms with E-state index in [4.69, 9.17) is 22.0 Å². The first-order valence-corrected chi connectivity index (χ1v) is 6.21. The van der Waals surface area contributed by atoms with Gasteiger partial charge in [0.05, 0.1) is 28.9 Å². The molecule has 0 atom stereocenters. The van der Waals surface area contributed by atoms with Crippen LogP contribution in [0.3, 0.4) is 0 Å². The molecule has 1 aromatic rings. The van der Waals surface area contributed by atoms with Crippen molar-refractivity contribution < 1.29 is 5.11 Å². The van der Waals surface area contributed by atoms with E-state index in [1.54, 1.807) is 12.1 Å². The van der Waals surface area contributed by atoms with E-state index in [0.717, 1.165) is 18.5 Å². The fourth-order valence-electron chi connectivity index (χ4n) is 2.12. The number of benzene rings is 1. The highest BCUT2D eigenvalue weighted by molar-refractivity contribution is 6.33. The molecule has 17 heavy (non-hydrogen) atoms. The number of hydrogen-bond acceptors (Lipinski definition) is 3. The molecule has 0 amide bonds. The van der Waals surface area contributed by atoms with Crippen molar-refractivity contribution in [1.29, 1.82) is 5.26 Å². The summed E-state index contributed by atoms with van der Waals surface area (Å²) in [6.45, 7) is 0.711. The van der Waals surface area contributed by atoms with Crippen molar-refractivity contribution in [1.82, 2.24) is 0 Å². The van der Waals surface area contributed by atoms with Crippen LogP contribution < -0.4 is 4.90 Å². The van der Waals surface area contributed by atoms with Crippen LogP contribution >= 0.6 is 11.6 Å². The van der Waals surface area contributed by atoms with E-state index in [1.807, 2.05) is 6.07 Å². The van der Waals surface area contributed by atoms with Gasteiger partial charge < -0.3 is 10.0 Å². The van der Waals surface area contributed by atoms with E-state index in [1.165, 1.54) is 6.42 Å². The van der Waals surface area contributed by atoms with Crippen LogP contribution in [0.5, 0.6) is 0 Å². The van der Waals surface area contributed by atoms with Gasteiger partial charge in [0.25, 0.3) is 0 Å². The average Bonchev–Trinajstić information content (AvgIpc) is 2.26.